The van der Waals surface area contributed by atoms with Gasteiger partial charge in [-0.3, -0.25) is 9.69 Å². The molecule has 2 N–H and O–H groups in total. The zero-order valence-corrected chi connectivity index (χ0v) is 16.1. The van der Waals surface area contributed by atoms with Crippen molar-refractivity contribution in [1.29, 1.82) is 0 Å². The number of hydrogen-bond acceptors (Lipinski definition) is 6. The highest BCUT2D eigenvalue weighted by atomic mass is 32.1. The molecule has 1 aliphatic heterocycles. The van der Waals surface area contributed by atoms with Crippen LogP contribution in [0, 0.1) is 19.3 Å². The summed E-state index contributed by atoms with van der Waals surface area (Å²) in [6, 6.07) is 0. The summed E-state index contributed by atoms with van der Waals surface area (Å²) in [7, 11) is 0. The number of nitrogens with one attached hydrogen (secondary N) is 1. The summed E-state index contributed by atoms with van der Waals surface area (Å²) < 4.78 is 5.27. The quantitative estimate of drug-likeness (QED) is 0.811. The Bertz CT molecular complexity index is 803. The molecule has 0 spiro atoms. The van der Waals surface area contributed by atoms with Crippen molar-refractivity contribution in [3.05, 3.63) is 38.4 Å². The summed E-state index contributed by atoms with van der Waals surface area (Å²) in [6.45, 7) is 7.29. The minimum atomic E-state index is -0.0586. The molecule has 0 atom stereocenters. The molecule has 1 fully saturated rings. The average molecular weight is 375 g/mol. The molecule has 1 aliphatic carbocycles. The highest BCUT2D eigenvalue weighted by Gasteiger charge is 2.42. The van der Waals surface area contributed by atoms with Crippen LogP contribution in [-0.4, -0.2) is 40.8 Å². The standard InChI is InChI=1S/C19H25N3O3S/c1-12-15(13(2)25-21-12)7-22-6-3-14-16(9-26-17(14)8-22)18(24)20-10-19(11-23)4-5-19/h9,23H,3-8,10-11H2,1-2H3,(H,20,24). The van der Waals surface area contributed by atoms with E-state index in [1.165, 1.54) is 16.0 Å². The van der Waals surface area contributed by atoms with E-state index in [4.69, 9.17) is 4.52 Å². The van der Waals surface area contributed by atoms with Gasteiger partial charge in [0, 0.05) is 47.4 Å². The van der Waals surface area contributed by atoms with Gasteiger partial charge >= 0.3 is 0 Å². The second-order valence-corrected chi connectivity index (χ2v) is 8.62. The Labute approximate surface area is 157 Å². The van der Waals surface area contributed by atoms with Crippen molar-refractivity contribution >= 4 is 17.2 Å². The lowest BCUT2D eigenvalue weighted by molar-refractivity contribution is 0.0934. The molecule has 6 nitrogen and oxygen atoms in total. The van der Waals surface area contributed by atoms with Crippen LogP contribution in [-0.2, 0) is 19.5 Å². The molecule has 26 heavy (non-hydrogen) atoms. The van der Waals surface area contributed by atoms with Gasteiger partial charge in [-0.25, -0.2) is 0 Å². The Morgan fingerprint density at radius 3 is 2.92 bits per heavy atom. The second-order valence-electron chi connectivity index (χ2n) is 7.66. The minimum absolute atomic E-state index is 0.00129. The van der Waals surface area contributed by atoms with Crippen molar-refractivity contribution in [3.63, 3.8) is 0 Å². The molecular formula is C19H25N3O3S. The number of fused-ring (bicyclic) bond motifs is 1. The van der Waals surface area contributed by atoms with E-state index in [9.17, 15) is 9.90 Å². The molecule has 2 aliphatic rings. The number of thiophene rings is 1. The summed E-state index contributed by atoms with van der Waals surface area (Å²) in [6.07, 6.45) is 2.89. The Morgan fingerprint density at radius 1 is 1.46 bits per heavy atom. The minimum Gasteiger partial charge on any atom is -0.396 e. The zero-order valence-electron chi connectivity index (χ0n) is 15.3. The fraction of sp³-hybridized carbons (Fsp3) is 0.579. The first-order valence-electron chi connectivity index (χ1n) is 9.14. The zero-order chi connectivity index (χ0) is 18.3. The van der Waals surface area contributed by atoms with Crippen LogP contribution in [0.3, 0.4) is 0 Å². The van der Waals surface area contributed by atoms with Gasteiger partial charge in [0.05, 0.1) is 17.9 Å². The van der Waals surface area contributed by atoms with Gasteiger partial charge < -0.3 is 14.9 Å². The molecule has 0 radical (unpaired) electrons. The average Bonchev–Trinajstić information content (AvgIpc) is 3.21. The number of aryl methyl sites for hydroxylation is 2. The van der Waals surface area contributed by atoms with E-state index in [-0.39, 0.29) is 17.9 Å². The van der Waals surface area contributed by atoms with Crippen LogP contribution in [0.2, 0.25) is 0 Å². The third-order valence-corrected chi connectivity index (χ3v) is 6.76. The molecule has 140 valence electrons. The van der Waals surface area contributed by atoms with Gasteiger partial charge in [0.25, 0.3) is 5.91 Å². The van der Waals surface area contributed by atoms with Crippen LogP contribution in [0.25, 0.3) is 0 Å². The lowest BCUT2D eigenvalue weighted by atomic mass is 10.0. The first-order valence-corrected chi connectivity index (χ1v) is 10.0. The Balaban J connectivity index is 1.41. The maximum atomic E-state index is 12.6. The predicted molar refractivity (Wildman–Crippen MR) is 99.2 cm³/mol. The molecule has 2 aromatic rings. The van der Waals surface area contributed by atoms with E-state index >= 15 is 0 Å². The Kier molecular flexibility index (Phi) is 4.62. The summed E-state index contributed by atoms with van der Waals surface area (Å²) in [4.78, 5) is 16.2. The van der Waals surface area contributed by atoms with Crippen molar-refractivity contribution in [3.8, 4) is 0 Å². The van der Waals surface area contributed by atoms with Crippen LogP contribution >= 0.6 is 11.3 Å². The Hall–Kier alpha value is -1.70. The largest absolute Gasteiger partial charge is 0.396 e. The van der Waals surface area contributed by atoms with Gasteiger partial charge in [-0.05, 0) is 38.7 Å². The first kappa shape index (κ1) is 17.7. The van der Waals surface area contributed by atoms with Crippen LogP contribution in [0.5, 0.6) is 0 Å². The van der Waals surface area contributed by atoms with E-state index in [0.29, 0.717) is 6.54 Å². The summed E-state index contributed by atoms with van der Waals surface area (Å²) in [5.74, 6) is 0.888. The molecule has 1 saturated carbocycles. The molecule has 0 unspecified atom stereocenters. The van der Waals surface area contributed by atoms with Gasteiger partial charge in [0.1, 0.15) is 5.76 Å². The number of aromatic nitrogens is 1. The third kappa shape index (κ3) is 3.31. The molecular weight excluding hydrogens is 350 g/mol. The maximum Gasteiger partial charge on any atom is 0.252 e. The van der Waals surface area contributed by atoms with Crippen molar-refractivity contribution in [2.24, 2.45) is 5.41 Å². The smallest absolute Gasteiger partial charge is 0.252 e. The number of carbonyl (C=O) groups is 1. The van der Waals surface area contributed by atoms with E-state index < -0.39 is 0 Å². The molecule has 1 amide bonds. The van der Waals surface area contributed by atoms with E-state index in [1.807, 2.05) is 19.2 Å². The van der Waals surface area contributed by atoms with Crippen LogP contribution < -0.4 is 5.32 Å². The topological polar surface area (TPSA) is 78.6 Å². The molecule has 0 saturated heterocycles. The number of nitrogens with zero attached hydrogens (tertiary/aromatic N) is 2. The van der Waals surface area contributed by atoms with Crippen molar-refractivity contribution in [2.75, 3.05) is 19.7 Å². The van der Waals surface area contributed by atoms with Gasteiger partial charge in [0.15, 0.2) is 0 Å². The fourth-order valence-corrected chi connectivity index (χ4v) is 4.71. The fourth-order valence-electron chi connectivity index (χ4n) is 3.59. The van der Waals surface area contributed by atoms with Crippen LogP contribution in [0.15, 0.2) is 9.90 Å². The summed E-state index contributed by atoms with van der Waals surface area (Å²) >= 11 is 1.67. The highest BCUT2D eigenvalue weighted by Crippen LogP contribution is 2.44. The van der Waals surface area contributed by atoms with Crippen LogP contribution in [0.4, 0.5) is 0 Å². The Morgan fingerprint density at radius 2 is 2.27 bits per heavy atom. The normalized spacial score (nSPS) is 18.6. The number of aliphatic hydroxyl groups excluding tert-OH is 1. The second kappa shape index (κ2) is 6.79. The van der Waals surface area contributed by atoms with Gasteiger partial charge in [-0.1, -0.05) is 5.16 Å². The molecule has 0 aromatic carbocycles. The lowest BCUT2D eigenvalue weighted by Gasteiger charge is -2.27. The van der Waals surface area contributed by atoms with Gasteiger partial charge in [-0.15, -0.1) is 11.3 Å². The summed E-state index contributed by atoms with van der Waals surface area (Å²) in [5.41, 5.74) is 4.07. The predicted octanol–water partition coefficient (Wildman–Crippen LogP) is 2.41. The number of carbonyl (C=O) groups excluding carboxylic acids is 1. The van der Waals surface area contributed by atoms with Gasteiger partial charge in [-0.2, -0.15) is 0 Å². The van der Waals surface area contributed by atoms with Crippen molar-refractivity contribution in [1.82, 2.24) is 15.4 Å². The molecule has 2 aromatic heterocycles. The van der Waals surface area contributed by atoms with Gasteiger partial charge in [0.2, 0.25) is 0 Å². The highest BCUT2D eigenvalue weighted by molar-refractivity contribution is 7.10. The first-order chi connectivity index (χ1) is 12.5. The van der Waals surface area contributed by atoms with Crippen molar-refractivity contribution < 1.29 is 14.4 Å². The monoisotopic (exact) mass is 375 g/mol. The number of hydrogen-bond donors (Lipinski definition) is 2. The summed E-state index contributed by atoms with van der Waals surface area (Å²) in [5, 5.41) is 18.4. The van der Waals surface area contributed by atoms with Crippen molar-refractivity contribution in [2.45, 2.75) is 46.2 Å². The number of rotatable bonds is 6. The SMILES string of the molecule is Cc1noc(C)c1CN1CCc2c(C(=O)NCC3(CO)CC3)csc2C1. The van der Waals surface area contributed by atoms with E-state index in [1.54, 1.807) is 11.3 Å². The molecule has 4 rings (SSSR count). The van der Waals surface area contributed by atoms with E-state index in [2.05, 4.69) is 15.4 Å². The number of aliphatic hydroxyl groups is 1. The maximum absolute atomic E-state index is 12.6. The molecule has 7 heteroatoms. The molecule has 3 heterocycles. The van der Waals surface area contributed by atoms with Crippen LogP contribution in [0.1, 0.15) is 50.7 Å². The third-order valence-electron chi connectivity index (χ3n) is 5.75. The lowest BCUT2D eigenvalue weighted by Crippen LogP contribution is -2.34. The molecule has 0 bridgehead atoms. The number of amides is 1. The van der Waals surface area contributed by atoms with E-state index in [0.717, 1.165) is 55.9 Å².